The summed E-state index contributed by atoms with van der Waals surface area (Å²) in [6.07, 6.45) is 9.04. The van der Waals surface area contributed by atoms with Crippen LogP contribution < -0.4 is 10.2 Å². The molecule has 7 nitrogen and oxygen atoms in total. The summed E-state index contributed by atoms with van der Waals surface area (Å²) in [5, 5.41) is 3.01. The number of nitrogens with zero attached hydrogens (tertiary/aromatic N) is 2. The standard InChI is InChI=1S/C23H33N3O4S/c1-16-13-18-14-20(11-12-21(18)26(16)23(28)17-9-10-17)31(29,30)25(2)15-22(27)24-19-7-5-3-4-6-8-19/h11-12,14,16-17,19H,3-10,13,15H2,1-2H3,(H,24,27)/t16-/m0/s1. The van der Waals surface area contributed by atoms with Gasteiger partial charge in [-0.15, -0.1) is 0 Å². The Hall–Kier alpha value is -1.93. The first-order valence-electron chi connectivity index (χ1n) is 11.5. The van der Waals surface area contributed by atoms with Crippen LogP contribution in [-0.4, -0.2) is 50.2 Å². The normalized spacial score (nSPS) is 22.3. The first-order valence-corrected chi connectivity index (χ1v) is 12.9. The molecule has 2 amide bonds. The number of carbonyl (C=O) groups is 2. The second kappa shape index (κ2) is 8.90. The Balaban J connectivity index is 1.44. The molecule has 8 heteroatoms. The van der Waals surface area contributed by atoms with Crippen LogP contribution in [0.4, 0.5) is 5.69 Å². The second-order valence-electron chi connectivity index (χ2n) is 9.34. The van der Waals surface area contributed by atoms with Gasteiger partial charge in [-0.2, -0.15) is 4.31 Å². The molecule has 0 aromatic heterocycles. The molecular weight excluding hydrogens is 414 g/mol. The van der Waals surface area contributed by atoms with E-state index >= 15 is 0 Å². The Labute approximate surface area is 185 Å². The van der Waals surface area contributed by atoms with Crippen LogP contribution in [0.15, 0.2) is 23.1 Å². The van der Waals surface area contributed by atoms with E-state index in [0.717, 1.165) is 54.1 Å². The molecular formula is C23H33N3O4S. The maximum Gasteiger partial charge on any atom is 0.243 e. The molecule has 0 unspecified atom stereocenters. The monoisotopic (exact) mass is 447 g/mol. The van der Waals surface area contributed by atoms with E-state index in [1.54, 1.807) is 18.2 Å². The van der Waals surface area contributed by atoms with E-state index in [4.69, 9.17) is 0 Å². The zero-order chi connectivity index (χ0) is 22.2. The molecule has 170 valence electrons. The third-order valence-corrected chi connectivity index (χ3v) is 8.52. The van der Waals surface area contributed by atoms with Gasteiger partial charge >= 0.3 is 0 Å². The van der Waals surface area contributed by atoms with Gasteiger partial charge in [0, 0.05) is 30.7 Å². The summed E-state index contributed by atoms with van der Waals surface area (Å²) in [6.45, 7) is 1.80. The van der Waals surface area contributed by atoms with Crippen LogP contribution in [-0.2, 0) is 26.0 Å². The fourth-order valence-electron chi connectivity index (χ4n) is 4.79. The minimum absolute atomic E-state index is 0.0316. The predicted octanol–water partition coefficient (Wildman–Crippen LogP) is 2.83. The molecule has 4 rings (SSSR count). The van der Waals surface area contributed by atoms with Gasteiger partial charge in [0.25, 0.3) is 0 Å². The molecule has 2 saturated carbocycles. The Kier molecular flexibility index (Phi) is 6.40. The molecule has 2 aliphatic carbocycles. The maximum absolute atomic E-state index is 13.1. The van der Waals surface area contributed by atoms with Crippen molar-refractivity contribution in [1.82, 2.24) is 9.62 Å². The Bertz CT molecular complexity index is 950. The van der Waals surface area contributed by atoms with Gasteiger partial charge in [-0.25, -0.2) is 8.42 Å². The molecule has 0 bridgehead atoms. The molecule has 1 heterocycles. The number of anilines is 1. The molecule has 1 aromatic rings. The average Bonchev–Trinajstić information content (AvgIpc) is 3.53. The van der Waals surface area contributed by atoms with E-state index < -0.39 is 10.0 Å². The quantitative estimate of drug-likeness (QED) is 0.680. The number of hydrogen-bond donors (Lipinski definition) is 1. The lowest BCUT2D eigenvalue weighted by atomic mass is 10.1. The van der Waals surface area contributed by atoms with Gasteiger partial charge in [0.2, 0.25) is 21.8 Å². The first-order chi connectivity index (χ1) is 14.8. The van der Waals surface area contributed by atoms with Crippen LogP contribution in [0.5, 0.6) is 0 Å². The van der Waals surface area contributed by atoms with Gasteiger partial charge in [0.05, 0.1) is 11.4 Å². The third kappa shape index (κ3) is 4.80. The van der Waals surface area contributed by atoms with Gasteiger partial charge in [-0.05, 0) is 62.8 Å². The fourth-order valence-corrected chi connectivity index (χ4v) is 5.97. The van der Waals surface area contributed by atoms with Crippen molar-refractivity contribution in [3.8, 4) is 0 Å². The van der Waals surface area contributed by atoms with E-state index in [2.05, 4.69) is 5.32 Å². The Morgan fingerprint density at radius 1 is 1.10 bits per heavy atom. The van der Waals surface area contributed by atoms with Crippen molar-refractivity contribution in [2.24, 2.45) is 5.92 Å². The number of likely N-dealkylation sites (N-methyl/N-ethyl adjacent to an activating group) is 1. The predicted molar refractivity (Wildman–Crippen MR) is 119 cm³/mol. The largest absolute Gasteiger partial charge is 0.352 e. The van der Waals surface area contributed by atoms with Gasteiger partial charge in [-0.3, -0.25) is 9.59 Å². The van der Waals surface area contributed by atoms with Crippen molar-refractivity contribution in [1.29, 1.82) is 0 Å². The molecule has 1 aliphatic heterocycles. The molecule has 1 N–H and O–H groups in total. The second-order valence-corrected chi connectivity index (χ2v) is 11.4. The zero-order valence-corrected chi connectivity index (χ0v) is 19.3. The highest BCUT2D eigenvalue weighted by Gasteiger charge is 2.40. The van der Waals surface area contributed by atoms with Crippen molar-refractivity contribution in [3.05, 3.63) is 23.8 Å². The molecule has 1 atom stereocenters. The number of benzene rings is 1. The molecule has 31 heavy (non-hydrogen) atoms. The van der Waals surface area contributed by atoms with Gasteiger partial charge in [0.1, 0.15) is 0 Å². The van der Waals surface area contributed by atoms with Crippen LogP contribution in [0, 0.1) is 5.92 Å². The average molecular weight is 448 g/mol. The number of nitrogens with one attached hydrogen (secondary N) is 1. The zero-order valence-electron chi connectivity index (χ0n) is 18.5. The van der Waals surface area contributed by atoms with Gasteiger partial charge in [-0.1, -0.05) is 25.7 Å². The summed E-state index contributed by atoms with van der Waals surface area (Å²) in [7, 11) is -2.35. The van der Waals surface area contributed by atoms with Crippen molar-refractivity contribution in [3.63, 3.8) is 0 Å². The van der Waals surface area contributed by atoms with Crippen LogP contribution in [0.2, 0.25) is 0 Å². The van der Waals surface area contributed by atoms with Crippen LogP contribution in [0.3, 0.4) is 0 Å². The first kappa shape index (κ1) is 22.3. The summed E-state index contributed by atoms with van der Waals surface area (Å²) in [5.41, 5.74) is 1.69. The van der Waals surface area contributed by atoms with Gasteiger partial charge < -0.3 is 10.2 Å². The summed E-state index contributed by atoms with van der Waals surface area (Å²) in [5.74, 6) is 0.0121. The van der Waals surface area contributed by atoms with E-state index in [1.807, 2.05) is 11.8 Å². The minimum Gasteiger partial charge on any atom is -0.352 e. The van der Waals surface area contributed by atoms with Crippen molar-refractivity contribution >= 4 is 27.5 Å². The number of rotatable bonds is 6. The SMILES string of the molecule is C[C@H]1Cc2cc(S(=O)(=O)N(C)CC(=O)NC3CCCCCC3)ccc2N1C(=O)C1CC1. The summed E-state index contributed by atoms with van der Waals surface area (Å²) in [4.78, 5) is 27.1. The fraction of sp³-hybridized carbons (Fsp3) is 0.652. The number of sulfonamides is 1. The van der Waals surface area contributed by atoms with Gasteiger partial charge in [0.15, 0.2) is 0 Å². The maximum atomic E-state index is 13.1. The van der Waals surface area contributed by atoms with Crippen LogP contribution in [0.25, 0.3) is 0 Å². The van der Waals surface area contributed by atoms with E-state index in [1.165, 1.54) is 19.9 Å². The molecule has 2 fully saturated rings. The third-order valence-electron chi connectivity index (χ3n) is 6.73. The van der Waals surface area contributed by atoms with E-state index in [-0.39, 0.29) is 41.3 Å². The lowest BCUT2D eigenvalue weighted by Gasteiger charge is -2.23. The molecule has 3 aliphatic rings. The highest BCUT2D eigenvalue weighted by Crippen LogP contribution is 2.39. The number of fused-ring (bicyclic) bond motifs is 1. The number of hydrogen-bond acceptors (Lipinski definition) is 4. The highest BCUT2D eigenvalue weighted by molar-refractivity contribution is 7.89. The minimum atomic E-state index is -3.79. The number of amides is 2. The summed E-state index contributed by atoms with van der Waals surface area (Å²) < 4.78 is 27.3. The smallest absolute Gasteiger partial charge is 0.243 e. The van der Waals surface area contributed by atoms with Crippen LogP contribution >= 0.6 is 0 Å². The Morgan fingerprint density at radius 2 is 1.77 bits per heavy atom. The lowest BCUT2D eigenvalue weighted by molar-refractivity contribution is -0.122. The van der Waals surface area contributed by atoms with Crippen molar-refractivity contribution in [2.75, 3.05) is 18.5 Å². The highest BCUT2D eigenvalue weighted by atomic mass is 32.2. The van der Waals surface area contributed by atoms with E-state index in [9.17, 15) is 18.0 Å². The molecule has 1 aromatic carbocycles. The van der Waals surface area contributed by atoms with Crippen molar-refractivity contribution < 1.29 is 18.0 Å². The molecule has 0 spiro atoms. The molecule has 0 saturated heterocycles. The summed E-state index contributed by atoms with van der Waals surface area (Å²) >= 11 is 0. The van der Waals surface area contributed by atoms with Crippen molar-refractivity contribution in [2.45, 2.75) is 81.7 Å². The lowest BCUT2D eigenvalue weighted by Crippen LogP contribution is -2.42. The Morgan fingerprint density at radius 3 is 2.42 bits per heavy atom. The summed E-state index contributed by atoms with van der Waals surface area (Å²) in [6, 6.07) is 5.14. The van der Waals surface area contributed by atoms with Crippen LogP contribution in [0.1, 0.15) is 63.9 Å². The number of carbonyl (C=O) groups excluding carboxylic acids is 2. The topological polar surface area (TPSA) is 86.8 Å². The van der Waals surface area contributed by atoms with E-state index in [0.29, 0.717) is 6.42 Å². The molecule has 0 radical (unpaired) electrons.